The zero-order chi connectivity index (χ0) is 14.6. The molecule has 0 amide bonds. The summed E-state index contributed by atoms with van der Waals surface area (Å²) in [6.07, 6.45) is 1.52. The van der Waals surface area contributed by atoms with E-state index in [0.717, 1.165) is 12.8 Å². The standard InChI is InChI=1S/C13H21N3O3S/c1-15-20(17,18)12-5-3-2-4-11(12)16-13(10-14)6-8-19-9-7-13/h2-5,15-16H,6-10,14H2,1H3. The Hall–Kier alpha value is -1.15. The summed E-state index contributed by atoms with van der Waals surface area (Å²) in [6, 6.07) is 6.85. The van der Waals surface area contributed by atoms with Gasteiger partial charge in [0.2, 0.25) is 10.0 Å². The minimum Gasteiger partial charge on any atom is -0.381 e. The normalized spacial score (nSPS) is 18.7. The summed E-state index contributed by atoms with van der Waals surface area (Å²) in [7, 11) is -2.10. The van der Waals surface area contributed by atoms with Crippen LogP contribution in [0.3, 0.4) is 0 Å². The van der Waals surface area contributed by atoms with Crippen LogP contribution in [-0.2, 0) is 14.8 Å². The van der Waals surface area contributed by atoms with Gasteiger partial charge in [-0.3, -0.25) is 0 Å². The van der Waals surface area contributed by atoms with E-state index in [4.69, 9.17) is 10.5 Å². The van der Waals surface area contributed by atoms with E-state index in [-0.39, 0.29) is 10.4 Å². The van der Waals surface area contributed by atoms with Crippen molar-refractivity contribution in [3.63, 3.8) is 0 Å². The zero-order valence-electron chi connectivity index (χ0n) is 11.6. The molecule has 0 saturated carbocycles. The molecule has 0 bridgehead atoms. The summed E-state index contributed by atoms with van der Waals surface area (Å²) >= 11 is 0. The smallest absolute Gasteiger partial charge is 0.242 e. The molecule has 112 valence electrons. The minimum atomic E-state index is -3.50. The van der Waals surface area contributed by atoms with Crippen LogP contribution in [0.4, 0.5) is 5.69 Å². The lowest BCUT2D eigenvalue weighted by Crippen LogP contribution is -2.49. The molecule has 0 aliphatic carbocycles. The molecule has 1 aromatic carbocycles. The molecule has 4 N–H and O–H groups in total. The number of benzene rings is 1. The molecule has 6 nitrogen and oxygen atoms in total. The van der Waals surface area contributed by atoms with E-state index < -0.39 is 10.0 Å². The highest BCUT2D eigenvalue weighted by molar-refractivity contribution is 7.89. The van der Waals surface area contributed by atoms with E-state index >= 15 is 0 Å². The number of para-hydroxylation sites is 1. The summed E-state index contributed by atoms with van der Waals surface area (Å²) in [5, 5.41) is 3.33. The first-order chi connectivity index (χ1) is 9.53. The number of hydrogen-bond acceptors (Lipinski definition) is 5. The molecule has 0 radical (unpaired) electrons. The van der Waals surface area contributed by atoms with Crippen LogP contribution in [0.25, 0.3) is 0 Å². The van der Waals surface area contributed by atoms with E-state index in [9.17, 15) is 8.42 Å². The Kier molecular flexibility index (Phi) is 4.64. The van der Waals surface area contributed by atoms with E-state index in [1.54, 1.807) is 24.3 Å². The maximum absolute atomic E-state index is 12.0. The van der Waals surface area contributed by atoms with Crippen LogP contribution in [0.5, 0.6) is 0 Å². The molecule has 1 fully saturated rings. The number of nitrogens with two attached hydrogens (primary N) is 1. The van der Waals surface area contributed by atoms with E-state index in [1.807, 2.05) is 0 Å². The third-order valence-corrected chi connectivity index (χ3v) is 5.16. The van der Waals surface area contributed by atoms with E-state index in [0.29, 0.717) is 25.4 Å². The maximum atomic E-state index is 12.0. The third-order valence-electron chi connectivity index (χ3n) is 3.69. The van der Waals surface area contributed by atoms with Gasteiger partial charge in [-0.05, 0) is 32.0 Å². The van der Waals surface area contributed by atoms with Crippen molar-refractivity contribution in [3.8, 4) is 0 Å². The lowest BCUT2D eigenvalue weighted by atomic mass is 9.90. The van der Waals surface area contributed by atoms with Crippen LogP contribution in [0.2, 0.25) is 0 Å². The van der Waals surface area contributed by atoms with Gasteiger partial charge in [-0.1, -0.05) is 12.1 Å². The molecule has 7 heteroatoms. The number of sulfonamides is 1. The summed E-state index contributed by atoms with van der Waals surface area (Å²) < 4.78 is 31.8. The number of rotatable bonds is 5. The van der Waals surface area contributed by atoms with Crippen LogP contribution in [0.1, 0.15) is 12.8 Å². The Bertz CT molecular complexity index is 554. The fourth-order valence-electron chi connectivity index (χ4n) is 2.34. The first kappa shape index (κ1) is 15.2. The Morgan fingerprint density at radius 1 is 1.30 bits per heavy atom. The molecular weight excluding hydrogens is 278 g/mol. The van der Waals surface area contributed by atoms with Gasteiger partial charge in [-0.15, -0.1) is 0 Å². The number of hydrogen-bond donors (Lipinski definition) is 3. The molecule has 20 heavy (non-hydrogen) atoms. The Morgan fingerprint density at radius 3 is 2.55 bits per heavy atom. The van der Waals surface area contributed by atoms with Gasteiger partial charge in [-0.25, -0.2) is 13.1 Å². The van der Waals surface area contributed by atoms with Gasteiger partial charge in [0, 0.05) is 19.8 Å². The fraction of sp³-hybridized carbons (Fsp3) is 0.538. The SMILES string of the molecule is CNS(=O)(=O)c1ccccc1NC1(CN)CCOCC1. The Balaban J connectivity index is 2.34. The van der Waals surface area contributed by atoms with Crippen molar-refractivity contribution in [2.24, 2.45) is 5.73 Å². The first-order valence-electron chi connectivity index (χ1n) is 6.62. The lowest BCUT2D eigenvalue weighted by Gasteiger charge is -2.38. The Labute approximate surface area is 119 Å². The number of nitrogens with one attached hydrogen (secondary N) is 2. The molecule has 2 rings (SSSR count). The average Bonchev–Trinajstić information content (AvgIpc) is 2.48. The highest BCUT2D eigenvalue weighted by Gasteiger charge is 2.32. The zero-order valence-corrected chi connectivity index (χ0v) is 12.4. The van der Waals surface area contributed by atoms with Crippen molar-refractivity contribution in [2.75, 3.05) is 32.1 Å². The molecule has 1 heterocycles. The van der Waals surface area contributed by atoms with Crippen molar-refractivity contribution in [1.29, 1.82) is 0 Å². The summed E-state index contributed by atoms with van der Waals surface area (Å²) in [4.78, 5) is 0.238. The lowest BCUT2D eigenvalue weighted by molar-refractivity contribution is 0.0627. The van der Waals surface area contributed by atoms with Crippen molar-refractivity contribution >= 4 is 15.7 Å². The van der Waals surface area contributed by atoms with Crippen molar-refractivity contribution < 1.29 is 13.2 Å². The monoisotopic (exact) mass is 299 g/mol. The van der Waals surface area contributed by atoms with Gasteiger partial charge in [0.1, 0.15) is 4.90 Å². The summed E-state index contributed by atoms with van der Waals surface area (Å²) in [5.41, 5.74) is 6.16. The highest BCUT2D eigenvalue weighted by atomic mass is 32.2. The third kappa shape index (κ3) is 3.12. The van der Waals surface area contributed by atoms with Gasteiger partial charge in [0.25, 0.3) is 0 Å². The molecule has 0 spiro atoms. The maximum Gasteiger partial charge on any atom is 0.242 e. The van der Waals surface area contributed by atoms with Gasteiger partial charge >= 0.3 is 0 Å². The summed E-state index contributed by atoms with van der Waals surface area (Å²) in [6.45, 7) is 1.70. The Morgan fingerprint density at radius 2 is 1.95 bits per heavy atom. The minimum absolute atomic E-state index is 0.238. The molecule has 1 saturated heterocycles. The van der Waals surface area contributed by atoms with Crippen LogP contribution in [-0.4, -0.2) is 40.8 Å². The molecule has 0 aromatic heterocycles. The van der Waals surface area contributed by atoms with Crippen molar-refractivity contribution in [2.45, 2.75) is 23.3 Å². The van der Waals surface area contributed by atoms with Gasteiger partial charge in [0.05, 0.1) is 11.2 Å². The molecule has 1 aliphatic rings. The molecular formula is C13H21N3O3S. The molecule has 1 aromatic rings. The molecule has 0 unspecified atom stereocenters. The van der Waals surface area contributed by atoms with E-state index in [2.05, 4.69) is 10.0 Å². The van der Waals surface area contributed by atoms with Crippen molar-refractivity contribution in [1.82, 2.24) is 4.72 Å². The predicted octanol–water partition coefficient (Wildman–Crippen LogP) is 0.514. The summed E-state index contributed by atoms with van der Waals surface area (Å²) in [5.74, 6) is 0. The van der Waals surface area contributed by atoms with Gasteiger partial charge < -0.3 is 15.8 Å². The largest absolute Gasteiger partial charge is 0.381 e. The fourth-order valence-corrected chi connectivity index (χ4v) is 3.23. The average molecular weight is 299 g/mol. The topological polar surface area (TPSA) is 93.5 Å². The molecule has 0 atom stereocenters. The quantitative estimate of drug-likeness (QED) is 0.737. The van der Waals surface area contributed by atoms with Crippen LogP contribution in [0.15, 0.2) is 29.2 Å². The van der Waals surface area contributed by atoms with Crippen LogP contribution < -0.4 is 15.8 Å². The van der Waals surface area contributed by atoms with Gasteiger partial charge in [0.15, 0.2) is 0 Å². The molecule has 1 aliphatic heterocycles. The second kappa shape index (κ2) is 6.09. The van der Waals surface area contributed by atoms with Gasteiger partial charge in [-0.2, -0.15) is 0 Å². The first-order valence-corrected chi connectivity index (χ1v) is 8.10. The van der Waals surface area contributed by atoms with E-state index in [1.165, 1.54) is 7.05 Å². The second-order valence-electron chi connectivity index (χ2n) is 4.93. The second-order valence-corrected chi connectivity index (χ2v) is 6.78. The van der Waals surface area contributed by atoms with Crippen molar-refractivity contribution in [3.05, 3.63) is 24.3 Å². The number of ether oxygens (including phenoxy) is 1. The highest BCUT2D eigenvalue weighted by Crippen LogP contribution is 2.29. The van der Waals surface area contributed by atoms with Crippen LogP contribution >= 0.6 is 0 Å². The van der Waals surface area contributed by atoms with Crippen LogP contribution in [0, 0.1) is 0 Å². The predicted molar refractivity (Wildman–Crippen MR) is 78.1 cm³/mol. The number of anilines is 1.